The van der Waals surface area contributed by atoms with Gasteiger partial charge in [0.1, 0.15) is 0 Å². The minimum Gasteiger partial charge on any atom is -0.381 e. The van der Waals surface area contributed by atoms with Crippen LogP contribution in [-0.4, -0.2) is 40.8 Å². The van der Waals surface area contributed by atoms with Crippen LogP contribution in [0.3, 0.4) is 0 Å². The normalized spacial score (nSPS) is 15.5. The van der Waals surface area contributed by atoms with Crippen LogP contribution in [0.15, 0.2) is 47.2 Å². The number of nitrogens with one attached hydrogen (secondary N) is 1. The number of benzene rings is 1. The molecule has 1 amide bonds. The molecule has 3 heterocycles. The number of pyridine rings is 1. The van der Waals surface area contributed by atoms with E-state index < -0.39 is 0 Å². The fourth-order valence-corrected chi connectivity index (χ4v) is 4.16. The molecule has 2 aromatic heterocycles. The number of carbonyl (C=O) groups is 1. The lowest BCUT2D eigenvalue weighted by atomic mass is 9.73. The molecular weight excluding hydrogens is 392 g/mol. The number of rotatable bonds is 7. The fraction of sp³-hybridized carbons (Fsp3) is 0.417. The Morgan fingerprint density at radius 3 is 2.52 bits per heavy atom. The predicted octanol–water partition coefficient (Wildman–Crippen LogP) is 3.55. The molecule has 0 unspecified atom stereocenters. The molecule has 1 N–H and O–H groups in total. The molecule has 0 aliphatic carbocycles. The SMILES string of the molecule is Cc1cc(C)cc(C2(CNC(=O)CCc3nc(-c4ccncc4)no3)CCOCC2)c1. The number of aryl methyl sites for hydroxylation is 3. The summed E-state index contributed by atoms with van der Waals surface area (Å²) in [5, 5.41) is 7.14. The zero-order chi connectivity index (χ0) is 21.7. The summed E-state index contributed by atoms with van der Waals surface area (Å²) in [7, 11) is 0. The van der Waals surface area contributed by atoms with E-state index in [0.29, 0.717) is 44.3 Å². The van der Waals surface area contributed by atoms with Crippen LogP contribution >= 0.6 is 0 Å². The van der Waals surface area contributed by atoms with E-state index >= 15 is 0 Å². The van der Waals surface area contributed by atoms with Gasteiger partial charge in [0.05, 0.1) is 0 Å². The monoisotopic (exact) mass is 420 g/mol. The number of aromatic nitrogens is 3. The van der Waals surface area contributed by atoms with Gasteiger partial charge >= 0.3 is 0 Å². The number of amides is 1. The largest absolute Gasteiger partial charge is 0.381 e. The maximum absolute atomic E-state index is 12.6. The van der Waals surface area contributed by atoms with Gasteiger partial charge in [-0.15, -0.1) is 0 Å². The summed E-state index contributed by atoms with van der Waals surface area (Å²) in [6, 6.07) is 10.3. The van der Waals surface area contributed by atoms with Crippen molar-refractivity contribution >= 4 is 5.91 Å². The molecule has 0 radical (unpaired) electrons. The van der Waals surface area contributed by atoms with Crippen LogP contribution in [0.25, 0.3) is 11.4 Å². The Bertz CT molecular complexity index is 1010. The van der Waals surface area contributed by atoms with Gasteiger partial charge in [0, 0.05) is 56.0 Å². The van der Waals surface area contributed by atoms with Crippen LogP contribution in [0.5, 0.6) is 0 Å². The van der Waals surface area contributed by atoms with Crippen molar-refractivity contribution in [3.8, 4) is 11.4 Å². The van der Waals surface area contributed by atoms with Gasteiger partial charge < -0.3 is 14.6 Å². The third-order valence-corrected chi connectivity index (χ3v) is 5.88. The van der Waals surface area contributed by atoms with E-state index in [2.05, 4.69) is 52.5 Å². The lowest BCUT2D eigenvalue weighted by molar-refractivity contribution is -0.121. The van der Waals surface area contributed by atoms with E-state index in [1.165, 1.54) is 16.7 Å². The molecule has 0 saturated carbocycles. The zero-order valence-electron chi connectivity index (χ0n) is 18.1. The summed E-state index contributed by atoms with van der Waals surface area (Å²) >= 11 is 0. The van der Waals surface area contributed by atoms with E-state index in [-0.39, 0.29) is 11.3 Å². The lowest BCUT2D eigenvalue weighted by Gasteiger charge is -2.38. The van der Waals surface area contributed by atoms with E-state index in [0.717, 1.165) is 18.4 Å². The highest BCUT2D eigenvalue weighted by atomic mass is 16.5. The first-order valence-corrected chi connectivity index (χ1v) is 10.7. The van der Waals surface area contributed by atoms with Gasteiger partial charge in [-0.1, -0.05) is 34.5 Å². The minimum atomic E-state index is -0.0936. The average molecular weight is 421 g/mol. The molecule has 162 valence electrons. The summed E-state index contributed by atoms with van der Waals surface area (Å²) in [5.74, 6) is 0.949. The van der Waals surface area contributed by atoms with Crippen molar-refractivity contribution in [2.45, 2.75) is 44.9 Å². The maximum Gasteiger partial charge on any atom is 0.227 e. The second kappa shape index (κ2) is 9.39. The third-order valence-electron chi connectivity index (χ3n) is 5.88. The Labute approximate surface area is 182 Å². The molecule has 1 aliphatic rings. The summed E-state index contributed by atoms with van der Waals surface area (Å²) < 4.78 is 10.9. The standard InChI is InChI=1S/C24H28N4O3/c1-17-13-18(2)15-20(14-17)24(7-11-30-12-8-24)16-26-21(29)3-4-22-27-23(28-31-22)19-5-9-25-10-6-19/h5-6,9-10,13-15H,3-4,7-8,11-12,16H2,1-2H3,(H,26,29). The molecule has 31 heavy (non-hydrogen) atoms. The average Bonchev–Trinajstić information content (AvgIpc) is 3.26. The van der Waals surface area contributed by atoms with E-state index in [4.69, 9.17) is 9.26 Å². The molecular formula is C24H28N4O3. The highest BCUT2D eigenvalue weighted by Crippen LogP contribution is 2.35. The molecule has 0 atom stereocenters. The number of ether oxygens (including phenoxy) is 1. The first-order chi connectivity index (χ1) is 15.0. The lowest BCUT2D eigenvalue weighted by Crippen LogP contribution is -2.44. The molecule has 0 spiro atoms. The minimum absolute atomic E-state index is 0.0149. The number of hydrogen-bond donors (Lipinski definition) is 1. The highest BCUT2D eigenvalue weighted by Gasteiger charge is 2.35. The molecule has 3 aromatic rings. The van der Waals surface area contributed by atoms with E-state index in [1.54, 1.807) is 12.4 Å². The molecule has 1 aliphatic heterocycles. The fourth-order valence-electron chi connectivity index (χ4n) is 4.16. The van der Waals surface area contributed by atoms with Crippen molar-refractivity contribution in [3.63, 3.8) is 0 Å². The van der Waals surface area contributed by atoms with Crippen molar-refractivity contribution in [2.75, 3.05) is 19.8 Å². The van der Waals surface area contributed by atoms with Crippen LogP contribution in [0.4, 0.5) is 0 Å². The Morgan fingerprint density at radius 1 is 1.10 bits per heavy atom. The summed E-state index contributed by atoms with van der Waals surface area (Å²) in [4.78, 5) is 21.0. The van der Waals surface area contributed by atoms with Crippen molar-refractivity contribution in [1.82, 2.24) is 20.4 Å². The molecule has 1 aromatic carbocycles. The van der Waals surface area contributed by atoms with Gasteiger partial charge in [-0.2, -0.15) is 4.98 Å². The molecule has 0 bridgehead atoms. The quantitative estimate of drug-likeness (QED) is 0.629. The van der Waals surface area contributed by atoms with Crippen molar-refractivity contribution < 1.29 is 14.1 Å². The molecule has 1 saturated heterocycles. The molecule has 7 heteroatoms. The third kappa shape index (κ3) is 5.17. The van der Waals surface area contributed by atoms with Crippen LogP contribution in [0.1, 0.15) is 41.8 Å². The van der Waals surface area contributed by atoms with Crippen LogP contribution in [0, 0.1) is 13.8 Å². The van der Waals surface area contributed by atoms with Crippen molar-refractivity contribution in [1.29, 1.82) is 0 Å². The first kappa shape index (κ1) is 21.2. The number of carbonyl (C=O) groups excluding carboxylic acids is 1. The van der Waals surface area contributed by atoms with Crippen LogP contribution in [0.2, 0.25) is 0 Å². The Morgan fingerprint density at radius 2 is 1.81 bits per heavy atom. The van der Waals surface area contributed by atoms with E-state index in [1.807, 2.05) is 12.1 Å². The van der Waals surface area contributed by atoms with Gasteiger partial charge in [0.2, 0.25) is 17.6 Å². The number of hydrogen-bond acceptors (Lipinski definition) is 6. The van der Waals surface area contributed by atoms with Crippen LogP contribution in [-0.2, 0) is 21.4 Å². The zero-order valence-corrected chi connectivity index (χ0v) is 18.1. The molecule has 1 fully saturated rings. The summed E-state index contributed by atoms with van der Waals surface area (Å²) in [6.45, 7) is 6.26. The Kier molecular flexibility index (Phi) is 6.42. The Hall–Kier alpha value is -3.06. The summed E-state index contributed by atoms with van der Waals surface area (Å²) in [5.41, 5.74) is 4.52. The first-order valence-electron chi connectivity index (χ1n) is 10.7. The maximum atomic E-state index is 12.6. The highest BCUT2D eigenvalue weighted by molar-refractivity contribution is 5.76. The molecule has 7 nitrogen and oxygen atoms in total. The number of nitrogens with zero attached hydrogens (tertiary/aromatic N) is 3. The second-order valence-corrected chi connectivity index (χ2v) is 8.29. The van der Waals surface area contributed by atoms with Gasteiger partial charge in [0.25, 0.3) is 0 Å². The summed E-state index contributed by atoms with van der Waals surface area (Å²) in [6.07, 6.45) is 5.87. The van der Waals surface area contributed by atoms with Gasteiger partial charge in [-0.3, -0.25) is 9.78 Å². The van der Waals surface area contributed by atoms with Gasteiger partial charge in [-0.05, 0) is 44.4 Å². The van der Waals surface area contributed by atoms with Gasteiger partial charge in [-0.25, -0.2) is 0 Å². The Balaban J connectivity index is 1.37. The smallest absolute Gasteiger partial charge is 0.227 e. The predicted molar refractivity (Wildman–Crippen MR) is 117 cm³/mol. The topological polar surface area (TPSA) is 90.1 Å². The van der Waals surface area contributed by atoms with Crippen molar-refractivity contribution in [2.24, 2.45) is 0 Å². The second-order valence-electron chi connectivity index (χ2n) is 8.29. The molecule has 4 rings (SSSR count). The van der Waals surface area contributed by atoms with Crippen LogP contribution < -0.4 is 5.32 Å². The van der Waals surface area contributed by atoms with Crippen molar-refractivity contribution in [3.05, 3.63) is 65.3 Å². The van der Waals surface area contributed by atoms with E-state index in [9.17, 15) is 4.79 Å². The van der Waals surface area contributed by atoms with Gasteiger partial charge in [0.15, 0.2) is 0 Å².